The summed E-state index contributed by atoms with van der Waals surface area (Å²) in [4.78, 5) is 23.5. The van der Waals surface area contributed by atoms with Gasteiger partial charge in [0.1, 0.15) is 12.0 Å². The zero-order valence-corrected chi connectivity index (χ0v) is 9.82. The molecule has 1 aliphatic heterocycles. The summed E-state index contributed by atoms with van der Waals surface area (Å²) in [7, 11) is 0. The van der Waals surface area contributed by atoms with Crippen LogP contribution < -0.4 is 0 Å². The Balaban J connectivity index is 2.41. The van der Waals surface area contributed by atoms with Gasteiger partial charge in [-0.15, -0.1) is 0 Å². The third-order valence-electron chi connectivity index (χ3n) is 2.91. The molecule has 0 aromatic heterocycles. The van der Waals surface area contributed by atoms with E-state index in [4.69, 9.17) is 4.74 Å². The fourth-order valence-corrected chi connectivity index (χ4v) is 1.83. The van der Waals surface area contributed by atoms with E-state index in [0.717, 1.165) is 18.6 Å². The third kappa shape index (κ3) is 1.85. The lowest BCUT2D eigenvalue weighted by Crippen LogP contribution is -2.46. The van der Waals surface area contributed by atoms with Crippen molar-refractivity contribution in [3.63, 3.8) is 0 Å². The SMILES string of the molecule is CCCC1=CC2=CC(=O)[C@@](C)(O)C(=O)C2=CO1. The number of hydrogen-bond donors (Lipinski definition) is 1. The molecule has 0 fully saturated rings. The molecule has 2 rings (SSSR count). The van der Waals surface area contributed by atoms with E-state index in [1.165, 1.54) is 19.3 Å². The van der Waals surface area contributed by atoms with Crippen LogP contribution in [0.15, 0.2) is 35.3 Å². The van der Waals surface area contributed by atoms with E-state index in [1.54, 1.807) is 6.08 Å². The molecule has 0 spiro atoms. The predicted molar refractivity (Wildman–Crippen MR) is 60.9 cm³/mol. The second kappa shape index (κ2) is 3.96. The van der Waals surface area contributed by atoms with Gasteiger partial charge in [0, 0.05) is 6.42 Å². The summed E-state index contributed by atoms with van der Waals surface area (Å²) in [6, 6.07) is 0. The van der Waals surface area contributed by atoms with E-state index in [2.05, 4.69) is 0 Å². The molecule has 0 unspecified atom stereocenters. The van der Waals surface area contributed by atoms with Gasteiger partial charge in [-0.3, -0.25) is 9.59 Å². The van der Waals surface area contributed by atoms with Crippen molar-refractivity contribution in [3.05, 3.63) is 35.3 Å². The van der Waals surface area contributed by atoms with E-state index in [-0.39, 0.29) is 5.57 Å². The van der Waals surface area contributed by atoms with Gasteiger partial charge in [0.15, 0.2) is 11.4 Å². The normalized spacial score (nSPS) is 27.8. The number of ether oxygens (including phenoxy) is 1. The van der Waals surface area contributed by atoms with Crippen LogP contribution in [-0.4, -0.2) is 22.3 Å². The highest BCUT2D eigenvalue weighted by Gasteiger charge is 2.44. The quantitative estimate of drug-likeness (QED) is 0.734. The van der Waals surface area contributed by atoms with Crippen LogP contribution in [0.4, 0.5) is 0 Å². The van der Waals surface area contributed by atoms with Gasteiger partial charge < -0.3 is 9.84 Å². The molecule has 0 amide bonds. The average molecular weight is 234 g/mol. The van der Waals surface area contributed by atoms with Gasteiger partial charge in [-0.25, -0.2) is 0 Å². The highest BCUT2D eigenvalue weighted by atomic mass is 16.5. The molecule has 1 heterocycles. The maximum atomic E-state index is 11.9. The number of rotatable bonds is 2. The van der Waals surface area contributed by atoms with Crippen molar-refractivity contribution in [2.24, 2.45) is 0 Å². The molecule has 0 radical (unpaired) electrons. The first kappa shape index (κ1) is 11.8. The van der Waals surface area contributed by atoms with Crippen molar-refractivity contribution in [3.8, 4) is 0 Å². The largest absolute Gasteiger partial charge is 0.469 e. The lowest BCUT2D eigenvalue weighted by atomic mass is 9.80. The Kier molecular flexibility index (Phi) is 2.75. The summed E-state index contributed by atoms with van der Waals surface area (Å²) in [6.07, 6.45) is 5.97. The molecule has 0 bridgehead atoms. The maximum absolute atomic E-state index is 11.9. The first-order valence-corrected chi connectivity index (χ1v) is 5.58. The number of carbonyl (C=O) groups is 2. The Morgan fingerprint density at radius 3 is 2.71 bits per heavy atom. The molecule has 1 aliphatic carbocycles. The Labute approximate surface area is 99.3 Å². The lowest BCUT2D eigenvalue weighted by Gasteiger charge is -2.27. The van der Waals surface area contributed by atoms with Gasteiger partial charge in [0.25, 0.3) is 0 Å². The molecule has 4 heteroatoms. The minimum absolute atomic E-state index is 0.259. The Bertz CT molecular complexity index is 478. The van der Waals surface area contributed by atoms with Crippen molar-refractivity contribution in [1.29, 1.82) is 0 Å². The standard InChI is InChI=1S/C13H14O4/c1-3-4-9-5-8-6-11(14)13(2,16)12(15)10(8)7-17-9/h5-7,16H,3-4H2,1-2H3/t13-/m1/s1. The number of fused-ring (bicyclic) bond motifs is 1. The zero-order chi connectivity index (χ0) is 12.6. The van der Waals surface area contributed by atoms with Gasteiger partial charge >= 0.3 is 0 Å². The van der Waals surface area contributed by atoms with Crippen molar-refractivity contribution >= 4 is 11.6 Å². The minimum Gasteiger partial charge on any atom is -0.469 e. The monoisotopic (exact) mass is 234 g/mol. The summed E-state index contributed by atoms with van der Waals surface area (Å²) in [5.41, 5.74) is -1.18. The minimum atomic E-state index is -1.96. The van der Waals surface area contributed by atoms with E-state index in [9.17, 15) is 14.7 Å². The molecule has 0 aromatic rings. The van der Waals surface area contributed by atoms with Crippen LogP contribution in [0, 0.1) is 0 Å². The van der Waals surface area contributed by atoms with Crippen molar-refractivity contribution in [1.82, 2.24) is 0 Å². The Hall–Kier alpha value is -1.68. The summed E-state index contributed by atoms with van der Waals surface area (Å²) < 4.78 is 5.30. The molecule has 0 saturated heterocycles. The Morgan fingerprint density at radius 2 is 2.06 bits per heavy atom. The molecule has 1 atom stereocenters. The second-order valence-electron chi connectivity index (χ2n) is 4.38. The van der Waals surface area contributed by atoms with Crippen LogP contribution in [0.25, 0.3) is 0 Å². The fraction of sp³-hybridized carbons (Fsp3) is 0.385. The van der Waals surface area contributed by atoms with E-state index in [1.807, 2.05) is 6.92 Å². The van der Waals surface area contributed by atoms with E-state index in [0.29, 0.717) is 5.57 Å². The molecule has 1 N–H and O–H groups in total. The molecule has 0 saturated carbocycles. The van der Waals surface area contributed by atoms with Gasteiger partial charge in [-0.2, -0.15) is 0 Å². The van der Waals surface area contributed by atoms with Gasteiger partial charge in [-0.05, 0) is 31.1 Å². The van der Waals surface area contributed by atoms with E-state index < -0.39 is 17.2 Å². The summed E-state index contributed by atoms with van der Waals surface area (Å²) in [5.74, 6) is -0.458. The third-order valence-corrected chi connectivity index (χ3v) is 2.91. The smallest absolute Gasteiger partial charge is 0.205 e. The maximum Gasteiger partial charge on any atom is 0.205 e. The molecule has 4 nitrogen and oxygen atoms in total. The van der Waals surface area contributed by atoms with Crippen molar-refractivity contribution in [2.45, 2.75) is 32.3 Å². The highest BCUT2D eigenvalue weighted by molar-refractivity contribution is 6.25. The molecular formula is C13H14O4. The van der Waals surface area contributed by atoms with Crippen LogP contribution >= 0.6 is 0 Å². The first-order chi connectivity index (χ1) is 7.96. The number of allylic oxidation sites excluding steroid dienone is 3. The molecule has 17 heavy (non-hydrogen) atoms. The van der Waals surface area contributed by atoms with Crippen LogP contribution in [-0.2, 0) is 14.3 Å². The summed E-state index contributed by atoms with van der Waals surface area (Å²) in [6.45, 7) is 3.22. The summed E-state index contributed by atoms with van der Waals surface area (Å²) in [5, 5.41) is 9.76. The number of hydrogen-bond acceptors (Lipinski definition) is 4. The number of carbonyl (C=O) groups excluding carboxylic acids is 2. The van der Waals surface area contributed by atoms with Crippen molar-refractivity contribution in [2.75, 3.05) is 0 Å². The zero-order valence-electron chi connectivity index (χ0n) is 9.82. The number of ketones is 2. The molecule has 0 aromatic carbocycles. The lowest BCUT2D eigenvalue weighted by molar-refractivity contribution is -0.144. The number of aliphatic hydroxyl groups is 1. The van der Waals surface area contributed by atoms with Crippen molar-refractivity contribution < 1.29 is 19.4 Å². The van der Waals surface area contributed by atoms with Crippen LogP contribution in [0.3, 0.4) is 0 Å². The second-order valence-corrected chi connectivity index (χ2v) is 4.38. The number of Topliss-reactive ketones (excluding diaryl/α,β-unsaturated/α-hetero) is 1. The molecular weight excluding hydrogens is 220 g/mol. The molecule has 90 valence electrons. The first-order valence-electron chi connectivity index (χ1n) is 5.58. The van der Waals surface area contributed by atoms with Gasteiger partial charge in [-0.1, -0.05) is 6.92 Å². The topological polar surface area (TPSA) is 63.6 Å². The average Bonchev–Trinajstić information content (AvgIpc) is 2.27. The highest BCUT2D eigenvalue weighted by Crippen LogP contribution is 2.31. The van der Waals surface area contributed by atoms with Crippen LogP contribution in [0.2, 0.25) is 0 Å². The predicted octanol–water partition coefficient (Wildman–Crippen LogP) is 1.41. The van der Waals surface area contributed by atoms with Crippen LogP contribution in [0.5, 0.6) is 0 Å². The summed E-state index contributed by atoms with van der Waals surface area (Å²) >= 11 is 0. The van der Waals surface area contributed by atoms with Crippen LogP contribution in [0.1, 0.15) is 26.7 Å². The Morgan fingerprint density at radius 1 is 1.35 bits per heavy atom. The van der Waals surface area contributed by atoms with E-state index >= 15 is 0 Å². The molecule has 2 aliphatic rings. The fourth-order valence-electron chi connectivity index (χ4n) is 1.83. The van der Waals surface area contributed by atoms with Gasteiger partial charge in [0.2, 0.25) is 5.78 Å². The van der Waals surface area contributed by atoms with Gasteiger partial charge in [0.05, 0.1) is 5.57 Å².